The summed E-state index contributed by atoms with van der Waals surface area (Å²) in [6.07, 6.45) is 0.658. The number of anilines is 1. The summed E-state index contributed by atoms with van der Waals surface area (Å²) in [4.78, 5) is 23.5. The SMILES string of the molecule is COc1cc(NC(=O)CCc2cc(C(C)=O)c(C)o2)cc(OC)c1. The molecule has 1 aromatic heterocycles. The molecule has 0 saturated carbocycles. The number of benzene rings is 1. The molecule has 0 radical (unpaired) electrons. The van der Waals surface area contributed by atoms with E-state index >= 15 is 0 Å². The molecular weight excluding hydrogens is 310 g/mol. The molecule has 0 spiro atoms. The van der Waals surface area contributed by atoms with E-state index in [1.165, 1.54) is 6.92 Å². The lowest BCUT2D eigenvalue weighted by atomic mass is 10.1. The highest BCUT2D eigenvalue weighted by Gasteiger charge is 2.13. The van der Waals surface area contributed by atoms with Gasteiger partial charge in [-0.1, -0.05) is 0 Å². The highest BCUT2D eigenvalue weighted by Crippen LogP contribution is 2.26. The molecule has 0 fully saturated rings. The van der Waals surface area contributed by atoms with E-state index in [4.69, 9.17) is 13.9 Å². The Kier molecular flexibility index (Phi) is 5.63. The van der Waals surface area contributed by atoms with Gasteiger partial charge in [0.05, 0.1) is 19.8 Å². The summed E-state index contributed by atoms with van der Waals surface area (Å²) < 4.78 is 15.8. The van der Waals surface area contributed by atoms with Gasteiger partial charge in [0.1, 0.15) is 23.0 Å². The number of hydrogen-bond donors (Lipinski definition) is 1. The van der Waals surface area contributed by atoms with E-state index in [1.54, 1.807) is 45.4 Å². The Balaban J connectivity index is 1.98. The molecule has 24 heavy (non-hydrogen) atoms. The van der Waals surface area contributed by atoms with Gasteiger partial charge in [-0.15, -0.1) is 0 Å². The average molecular weight is 331 g/mol. The van der Waals surface area contributed by atoms with Crippen LogP contribution in [0.25, 0.3) is 0 Å². The number of aryl methyl sites for hydroxylation is 2. The molecule has 1 aromatic carbocycles. The predicted molar refractivity (Wildman–Crippen MR) is 89.9 cm³/mol. The van der Waals surface area contributed by atoms with Crippen LogP contribution in [-0.2, 0) is 11.2 Å². The van der Waals surface area contributed by atoms with Crippen LogP contribution < -0.4 is 14.8 Å². The lowest BCUT2D eigenvalue weighted by Crippen LogP contribution is -2.12. The molecule has 0 aliphatic rings. The second-order valence-corrected chi connectivity index (χ2v) is 5.39. The van der Waals surface area contributed by atoms with Gasteiger partial charge in [-0.25, -0.2) is 0 Å². The van der Waals surface area contributed by atoms with Crippen molar-refractivity contribution in [2.75, 3.05) is 19.5 Å². The molecule has 0 aliphatic heterocycles. The van der Waals surface area contributed by atoms with Crippen molar-refractivity contribution in [2.45, 2.75) is 26.7 Å². The van der Waals surface area contributed by atoms with Gasteiger partial charge in [0, 0.05) is 36.7 Å². The molecule has 6 heteroatoms. The Morgan fingerprint density at radius 3 is 2.21 bits per heavy atom. The van der Waals surface area contributed by atoms with Crippen molar-refractivity contribution in [1.29, 1.82) is 0 Å². The number of carbonyl (C=O) groups is 2. The normalized spacial score (nSPS) is 10.3. The van der Waals surface area contributed by atoms with Crippen molar-refractivity contribution >= 4 is 17.4 Å². The Bertz CT molecular complexity index is 726. The van der Waals surface area contributed by atoms with Crippen molar-refractivity contribution in [3.63, 3.8) is 0 Å². The van der Waals surface area contributed by atoms with Crippen LogP contribution in [-0.4, -0.2) is 25.9 Å². The number of ketones is 1. The van der Waals surface area contributed by atoms with E-state index in [0.717, 1.165) is 0 Å². The number of hydrogen-bond acceptors (Lipinski definition) is 5. The van der Waals surface area contributed by atoms with E-state index in [1.807, 2.05) is 0 Å². The van der Waals surface area contributed by atoms with Crippen molar-refractivity contribution in [1.82, 2.24) is 0 Å². The standard InChI is InChI=1S/C18H21NO5/c1-11(20)17-10-14(24-12(17)2)5-6-18(21)19-13-7-15(22-3)9-16(8-13)23-4/h7-10H,5-6H2,1-4H3,(H,19,21). The van der Waals surface area contributed by atoms with Gasteiger partial charge in [-0.3, -0.25) is 9.59 Å². The molecule has 1 N–H and O–H groups in total. The number of rotatable bonds is 7. The summed E-state index contributed by atoms with van der Waals surface area (Å²) >= 11 is 0. The van der Waals surface area contributed by atoms with Crippen LogP contribution in [0.5, 0.6) is 11.5 Å². The van der Waals surface area contributed by atoms with Crippen LogP contribution in [0, 0.1) is 6.92 Å². The lowest BCUT2D eigenvalue weighted by molar-refractivity contribution is -0.116. The molecule has 0 unspecified atom stereocenters. The zero-order valence-electron chi connectivity index (χ0n) is 14.3. The highest BCUT2D eigenvalue weighted by molar-refractivity contribution is 5.95. The zero-order chi connectivity index (χ0) is 17.7. The number of nitrogens with one attached hydrogen (secondary N) is 1. The number of methoxy groups -OCH3 is 2. The third-order valence-electron chi connectivity index (χ3n) is 3.58. The first-order valence-corrected chi connectivity index (χ1v) is 7.56. The minimum Gasteiger partial charge on any atom is -0.497 e. The summed E-state index contributed by atoms with van der Waals surface area (Å²) in [5.41, 5.74) is 1.15. The minimum atomic E-state index is -0.163. The first-order chi connectivity index (χ1) is 11.4. The molecule has 128 valence electrons. The molecule has 2 rings (SSSR count). The van der Waals surface area contributed by atoms with Crippen molar-refractivity contribution in [2.24, 2.45) is 0 Å². The van der Waals surface area contributed by atoms with Gasteiger partial charge >= 0.3 is 0 Å². The predicted octanol–water partition coefficient (Wildman–Crippen LogP) is 3.38. The lowest BCUT2D eigenvalue weighted by Gasteiger charge is -2.09. The second-order valence-electron chi connectivity index (χ2n) is 5.39. The second kappa shape index (κ2) is 7.68. The van der Waals surface area contributed by atoms with Crippen LogP contribution in [0.4, 0.5) is 5.69 Å². The van der Waals surface area contributed by atoms with Crippen molar-refractivity contribution in [3.8, 4) is 11.5 Å². The van der Waals surface area contributed by atoms with E-state index < -0.39 is 0 Å². The molecule has 1 amide bonds. The third kappa shape index (κ3) is 4.38. The molecule has 0 saturated heterocycles. The maximum atomic E-state index is 12.1. The van der Waals surface area contributed by atoms with Gasteiger partial charge < -0.3 is 19.2 Å². The van der Waals surface area contributed by atoms with Crippen LogP contribution >= 0.6 is 0 Å². The van der Waals surface area contributed by atoms with Crippen LogP contribution in [0.3, 0.4) is 0 Å². The van der Waals surface area contributed by atoms with E-state index in [9.17, 15) is 9.59 Å². The van der Waals surface area contributed by atoms with E-state index in [0.29, 0.717) is 40.7 Å². The monoisotopic (exact) mass is 331 g/mol. The average Bonchev–Trinajstić information content (AvgIpc) is 2.93. The fourth-order valence-electron chi connectivity index (χ4n) is 2.36. The highest BCUT2D eigenvalue weighted by atomic mass is 16.5. The number of amides is 1. The molecule has 6 nitrogen and oxygen atoms in total. The Hall–Kier alpha value is -2.76. The summed E-state index contributed by atoms with van der Waals surface area (Å²) in [5.74, 6) is 2.18. The molecule has 2 aromatic rings. The molecule has 0 atom stereocenters. The number of furan rings is 1. The minimum absolute atomic E-state index is 0.0459. The smallest absolute Gasteiger partial charge is 0.224 e. The quantitative estimate of drug-likeness (QED) is 0.787. The van der Waals surface area contributed by atoms with Gasteiger partial charge in [0.15, 0.2) is 5.78 Å². The Morgan fingerprint density at radius 2 is 1.71 bits per heavy atom. The number of Topliss-reactive ketones (excluding diaryl/α,β-unsaturated/α-hetero) is 1. The fourth-order valence-corrected chi connectivity index (χ4v) is 2.36. The molecular formula is C18H21NO5. The first kappa shape index (κ1) is 17.6. The van der Waals surface area contributed by atoms with E-state index in [-0.39, 0.29) is 18.1 Å². The van der Waals surface area contributed by atoms with Crippen molar-refractivity contribution in [3.05, 3.63) is 41.3 Å². The summed E-state index contributed by atoms with van der Waals surface area (Å²) in [6, 6.07) is 6.85. The van der Waals surface area contributed by atoms with Crippen molar-refractivity contribution < 1.29 is 23.5 Å². The molecule has 0 bridgehead atoms. The van der Waals surface area contributed by atoms with Gasteiger partial charge in [0.25, 0.3) is 0 Å². The van der Waals surface area contributed by atoms with Crippen LogP contribution in [0.1, 0.15) is 35.2 Å². The van der Waals surface area contributed by atoms with Crippen LogP contribution in [0.15, 0.2) is 28.7 Å². The largest absolute Gasteiger partial charge is 0.497 e. The summed E-state index contributed by atoms with van der Waals surface area (Å²) in [7, 11) is 3.10. The van der Waals surface area contributed by atoms with E-state index in [2.05, 4.69) is 5.32 Å². The van der Waals surface area contributed by atoms with Gasteiger partial charge in [0.2, 0.25) is 5.91 Å². The van der Waals surface area contributed by atoms with Gasteiger partial charge in [-0.05, 0) is 19.9 Å². The maximum Gasteiger partial charge on any atom is 0.224 e. The topological polar surface area (TPSA) is 77.8 Å². The first-order valence-electron chi connectivity index (χ1n) is 7.56. The fraction of sp³-hybridized carbons (Fsp3) is 0.333. The number of carbonyl (C=O) groups excluding carboxylic acids is 2. The Morgan fingerprint density at radius 1 is 1.08 bits per heavy atom. The van der Waals surface area contributed by atoms with Gasteiger partial charge in [-0.2, -0.15) is 0 Å². The maximum absolute atomic E-state index is 12.1. The zero-order valence-corrected chi connectivity index (χ0v) is 14.3. The summed E-state index contributed by atoms with van der Waals surface area (Å²) in [5, 5.41) is 2.80. The molecule has 1 heterocycles. The summed E-state index contributed by atoms with van der Waals surface area (Å²) in [6.45, 7) is 3.23. The number of ether oxygens (including phenoxy) is 2. The van der Waals surface area contributed by atoms with Crippen LogP contribution in [0.2, 0.25) is 0 Å². The molecule has 0 aliphatic carbocycles. The Labute approximate surface area is 140 Å². The third-order valence-corrected chi connectivity index (χ3v) is 3.58.